The van der Waals surface area contributed by atoms with Gasteiger partial charge in [-0.1, -0.05) is 6.92 Å². The lowest BCUT2D eigenvalue weighted by Crippen LogP contribution is -2.43. The Labute approximate surface area is 122 Å². The van der Waals surface area contributed by atoms with E-state index in [4.69, 9.17) is 0 Å². The van der Waals surface area contributed by atoms with E-state index in [0.717, 1.165) is 13.0 Å². The van der Waals surface area contributed by atoms with E-state index in [9.17, 15) is 5.11 Å². The number of aliphatic hydroxyl groups excluding tert-OH is 1. The molecule has 0 bridgehead atoms. The number of piperidine rings is 1. The van der Waals surface area contributed by atoms with Crippen molar-refractivity contribution in [3.8, 4) is 5.95 Å². The van der Waals surface area contributed by atoms with Gasteiger partial charge in [-0.15, -0.1) is 0 Å². The third-order valence-corrected chi connectivity index (χ3v) is 3.77. The molecule has 1 aliphatic heterocycles. The molecule has 0 aromatic carbocycles. The highest BCUT2D eigenvalue weighted by molar-refractivity contribution is 5.40. The van der Waals surface area contributed by atoms with Crippen molar-refractivity contribution in [1.29, 1.82) is 0 Å². The highest BCUT2D eigenvalue weighted by atomic mass is 16.3. The Morgan fingerprint density at radius 3 is 2.76 bits per heavy atom. The van der Waals surface area contributed by atoms with Crippen LogP contribution < -0.4 is 10.2 Å². The smallest absolute Gasteiger partial charge is 0.241 e. The van der Waals surface area contributed by atoms with Crippen LogP contribution in [0.2, 0.25) is 0 Å². The first-order chi connectivity index (χ1) is 10.2. The fraction of sp³-hybridized carbons (Fsp3) is 0.538. The van der Waals surface area contributed by atoms with E-state index >= 15 is 0 Å². The fourth-order valence-corrected chi connectivity index (χ4v) is 2.33. The molecule has 1 aliphatic rings. The van der Waals surface area contributed by atoms with Gasteiger partial charge in [-0.3, -0.25) is 4.57 Å². The minimum Gasteiger partial charge on any atom is -0.391 e. The molecule has 2 aromatic rings. The van der Waals surface area contributed by atoms with Gasteiger partial charge < -0.3 is 15.3 Å². The molecule has 21 heavy (non-hydrogen) atoms. The second kappa shape index (κ2) is 5.65. The second-order valence-corrected chi connectivity index (χ2v) is 5.26. The summed E-state index contributed by atoms with van der Waals surface area (Å²) in [6.45, 7) is 3.43. The lowest BCUT2D eigenvalue weighted by Gasteiger charge is -2.34. The number of aromatic nitrogens is 5. The molecule has 1 saturated heterocycles. The van der Waals surface area contributed by atoms with Crippen molar-refractivity contribution in [2.24, 2.45) is 5.92 Å². The van der Waals surface area contributed by atoms with Crippen molar-refractivity contribution in [2.75, 3.05) is 30.4 Å². The molecule has 1 fully saturated rings. The minimum absolute atomic E-state index is 0.306. The van der Waals surface area contributed by atoms with Crippen LogP contribution in [0.4, 0.5) is 11.9 Å². The van der Waals surface area contributed by atoms with E-state index in [1.165, 1.54) is 0 Å². The summed E-state index contributed by atoms with van der Waals surface area (Å²) in [5.74, 6) is 1.88. The molecule has 3 heterocycles. The standard InChI is InChI=1S/C13H19N7O/c1-9-3-5-19(7-10(9)21)12-16-11(14-2)17-13(18-12)20-6-4-15-8-20/h4,6,8-10,21H,3,5,7H2,1-2H3,(H,14,16,17,18). The van der Waals surface area contributed by atoms with Crippen LogP contribution in [-0.4, -0.2) is 55.9 Å². The summed E-state index contributed by atoms with van der Waals surface area (Å²) in [6.07, 6.45) is 5.67. The van der Waals surface area contributed by atoms with Gasteiger partial charge in [-0.05, 0) is 12.3 Å². The van der Waals surface area contributed by atoms with Crippen LogP contribution in [0.3, 0.4) is 0 Å². The summed E-state index contributed by atoms with van der Waals surface area (Å²) in [4.78, 5) is 19.2. The van der Waals surface area contributed by atoms with Crippen LogP contribution in [0.5, 0.6) is 0 Å². The van der Waals surface area contributed by atoms with Crippen LogP contribution in [0.15, 0.2) is 18.7 Å². The van der Waals surface area contributed by atoms with E-state index in [-0.39, 0.29) is 6.10 Å². The quantitative estimate of drug-likeness (QED) is 0.840. The van der Waals surface area contributed by atoms with Gasteiger partial charge in [0.25, 0.3) is 0 Å². The molecule has 2 atom stereocenters. The molecule has 0 radical (unpaired) electrons. The van der Waals surface area contributed by atoms with Crippen LogP contribution >= 0.6 is 0 Å². The average molecular weight is 289 g/mol. The first-order valence-corrected chi connectivity index (χ1v) is 7.02. The van der Waals surface area contributed by atoms with E-state index in [1.807, 2.05) is 4.90 Å². The Kier molecular flexibility index (Phi) is 3.70. The second-order valence-electron chi connectivity index (χ2n) is 5.26. The normalized spacial score (nSPS) is 22.3. The lowest BCUT2D eigenvalue weighted by molar-refractivity contribution is 0.102. The number of rotatable bonds is 3. The third-order valence-electron chi connectivity index (χ3n) is 3.77. The number of nitrogens with one attached hydrogen (secondary N) is 1. The van der Waals surface area contributed by atoms with Gasteiger partial charge in [-0.2, -0.15) is 15.0 Å². The third kappa shape index (κ3) is 2.80. The van der Waals surface area contributed by atoms with Crippen molar-refractivity contribution >= 4 is 11.9 Å². The summed E-state index contributed by atoms with van der Waals surface area (Å²) < 4.78 is 1.73. The fourth-order valence-electron chi connectivity index (χ4n) is 2.33. The Bertz CT molecular complexity index is 601. The highest BCUT2D eigenvalue weighted by Crippen LogP contribution is 2.21. The SMILES string of the molecule is CNc1nc(N2CCC(C)C(O)C2)nc(-n2ccnc2)n1. The number of anilines is 2. The maximum absolute atomic E-state index is 10.0. The van der Waals surface area contributed by atoms with Gasteiger partial charge in [0.1, 0.15) is 6.33 Å². The Hall–Kier alpha value is -2.22. The molecule has 112 valence electrons. The average Bonchev–Trinajstić information content (AvgIpc) is 3.04. The monoisotopic (exact) mass is 289 g/mol. The molecule has 8 heteroatoms. The molecule has 0 amide bonds. The summed E-state index contributed by atoms with van der Waals surface area (Å²) in [6, 6.07) is 0. The van der Waals surface area contributed by atoms with Crippen LogP contribution in [0.25, 0.3) is 5.95 Å². The first kappa shape index (κ1) is 13.7. The topological polar surface area (TPSA) is 92.0 Å². The predicted octanol–water partition coefficient (Wildman–Crippen LogP) is 0.306. The molecule has 8 nitrogen and oxygen atoms in total. The van der Waals surface area contributed by atoms with E-state index in [0.29, 0.717) is 30.3 Å². The first-order valence-electron chi connectivity index (χ1n) is 7.02. The van der Waals surface area contributed by atoms with Crippen LogP contribution in [0, 0.1) is 5.92 Å². The summed E-state index contributed by atoms with van der Waals surface area (Å²) in [5, 5.41) is 13.0. The number of hydrogen-bond donors (Lipinski definition) is 2. The molecular weight excluding hydrogens is 270 g/mol. The van der Waals surface area contributed by atoms with Crippen molar-refractivity contribution < 1.29 is 5.11 Å². The largest absolute Gasteiger partial charge is 0.391 e. The number of imidazole rings is 1. The van der Waals surface area contributed by atoms with Crippen molar-refractivity contribution in [3.05, 3.63) is 18.7 Å². The highest BCUT2D eigenvalue weighted by Gasteiger charge is 2.26. The van der Waals surface area contributed by atoms with Crippen molar-refractivity contribution in [3.63, 3.8) is 0 Å². The maximum atomic E-state index is 10.0. The Morgan fingerprint density at radius 1 is 1.29 bits per heavy atom. The number of nitrogens with zero attached hydrogens (tertiary/aromatic N) is 6. The molecule has 2 unspecified atom stereocenters. The van der Waals surface area contributed by atoms with E-state index < -0.39 is 0 Å². The van der Waals surface area contributed by atoms with Gasteiger partial charge in [0.2, 0.25) is 17.8 Å². The van der Waals surface area contributed by atoms with E-state index in [1.54, 1.807) is 30.3 Å². The molecule has 0 saturated carbocycles. The molecule has 3 rings (SSSR count). The van der Waals surface area contributed by atoms with Crippen LogP contribution in [-0.2, 0) is 0 Å². The molecule has 0 aliphatic carbocycles. The number of hydrogen-bond acceptors (Lipinski definition) is 7. The number of β-amino-alcohol motifs (C(OH)–C–C–N with tert-alkyl or cyclic N) is 1. The Balaban J connectivity index is 1.93. The van der Waals surface area contributed by atoms with Crippen molar-refractivity contribution in [1.82, 2.24) is 24.5 Å². The zero-order valence-corrected chi connectivity index (χ0v) is 12.1. The van der Waals surface area contributed by atoms with Gasteiger partial charge in [-0.25, -0.2) is 4.98 Å². The predicted molar refractivity (Wildman–Crippen MR) is 78.5 cm³/mol. The van der Waals surface area contributed by atoms with Crippen LogP contribution in [0.1, 0.15) is 13.3 Å². The minimum atomic E-state index is -0.356. The summed E-state index contributed by atoms with van der Waals surface area (Å²) >= 11 is 0. The van der Waals surface area contributed by atoms with E-state index in [2.05, 4.69) is 32.2 Å². The van der Waals surface area contributed by atoms with Gasteiger partial charge in [0.05, 0.1) is 6.10 Å². The summed E-state index contributed by atoms with van der Waals surface area (Å²) in [7, 11) is 1.77. The molecular formula is C13H19N7O. The number of aliphatic hydroxyl groups is 1. The lowest BCUT2D eigenvalue weighted by atomic mass is 9.96. The zero-order chi connectivity index (χ0) is 14.8. The zero-order valence-electron chi connectivity index (χ0n) is 12.1. The van der Waals surface area contributed by atoms with Crippen molar-refractivity contribution in [2.45, 2.75) is 19.4 Å². The van der Waals surface area contributed by atoms with Gasteiger partial charge >= 0.3 is 0 Å². The molecule has 2 N–H and O–H groups in total. The molecule has 0 spiro atoms. The molecule has 2 aromatic heterocycles. The Morgan fingerprint density at radius 2 is 2.10 bits per heavy atom. The van der Waals surface area contributed by atoms with Gasteiger partial charge in [0, 0.05) is 32.5 Å². The summed E-state index contributed by atoms with van der Waals surface area (Å²) in [5.41, 5.74) is 0. The van der Waals surface area contributed by atoms with Gasteiger partial charge in [0.15, 0.2) is 0 Å². The maximum Gasteiger partial charge on any atom is 0.241 e.